The molecule has 1 saturated carbocycles. The number of amides is 1. The molecule has 24 heavy (non-hydrogen) atoms. The highest BCUT2D eigenvalue weighted by Crippen LogP contribution is 2.33. The zero-order chi connectivity index (χ0) is 16.4. The number of carbonyl (C=O) groups excluding carboxylic acids is 1. The summed E-state index contributed by atoms with van der Waals surface area (Å²) in [7, 11) is 0. The number of pyridine rings is 1. The van der Waals surface area contributed by atoms with Crippen molar-refractivity contribution in [3.63, 3.8) is 0 Å². The fraction of sp³-hybridized carbons (Fsp3) is 0.444. The van der Waals surface area contributed by atoms with Crippen LogP contribution in [0.2, 0.25) is 0 Å². The van der Waals surface area contributed by atoms with E-state index < -0.39 is 0 Å². The van der Waals surface area contributed by atoms with Crippen molar-refractivity contribution >= 4 is 17.2 Å². The molecule has 1 amide bonds. The second kappa shape index (κ2) is 7.01. The zero-order valence-corrected chi connectivity index (χ0v) is 14.2. The van der Waals surface area contributed by atoms with Gasteiger partial charge in [-0.1, -0.05) is 0 Å². The molecule has 1 saturated heterocycles. The summed E-state index contributed by atoms with van der Waals surface area (Å²) in [5.41, 5.74) is 1.89. The quantitative estimate of drug-likeness (QED) is 0.856. The van der Waals surface area contributed by atoms with E-state index in [4.69, 9.17) is 9.47 Å². The highest BCUT2D eigenvalue weighted by Gasteiger charge is 2.45. The summed E-state index contributed by atoms with van der Waals surface area (Å²) >= 11 is 1.55. The number of ether oxygens (including phenoxy) is 2. The first-order valence-electron chi connectivity index (χ1n) is 8.28. The Hall–Kier alpha value is -1.76. The predicted octanol–water partition coefficient (Wildman–Crippen LogP) is 2.73. The molecular formula is C18H20N2O3S. The van der Waals surface area contributed by atoms with Crippen molar-refractivity contribution in [2.75, 3.05) is 13.2 Å². The minimum atomic E-state index is -0.0248. The predicted molar refractivity (Wildman–Crippen MR) is 90.9 cm³/mol. The normalized spacial score (nSPS) is 26.3. The topological polar surface area (TPSA) is 51.7 Å². The Bertz CT molecular complexity index is 677. The van der Waals surface area contributed by atoms with E-state index >= 15 is 0 Å². The first-order valence-corrected chi connectivity index (χ1v) is 9.22. The summed E-state index contributed by atoms with van der Waals surface area (Å²) in [5.74, 6) is 0.115. The van der Waals surface area contributed by atoms with Gasteiger partial charge in [0.1, 0.15) is 6.10 Å². The Labute approximate surface area is 145 Å². The van der Waals surface area contributed by atoms with Gasteiger partial charge in [0.15, 0.2) is 0 Å². The molecule has 1 aliphatic heterocycles. The van der Waals surface area contributed by atoms with Crippen molar-refractivity contribution in [1.29, 1.82) is 0 Å². The van der Waals surface area contributed by atoms with Crippen LogP contribution in [-0.2, 0) is 16.1 Å². The number of rotatable bonds is 4. The lowest BCUT2D eigenvalue weighted by Gasteiger charge is -2.39. The van der Waals surface area contributed by atoms with E-state index in [1.165, 1.54) is 0 Å². The maximum absolute atomic E-state index is 12.7. The van der Waals surface area contributed by atoms with Gasteiger partial charge in [-0.25, -0.2) is 0 Å². The van der Waals surface area contributed by atoms with E-state index in [1.54, 1.807) is 23.7 Å². The van der Waals surface area contributed by atoms with Crippen molar-refractivity contribution < 1.29 is 14.3 Å². The number of hydrogen-bond donors (Lipinski definition) is 0. The van der Waals surface area contributed by atoms with Gasteiger partial charge in [0.2, 0.25) is 0 Å². The van der Waals surface area contributed by atoms with Gasteiger partial charge in [-0.3, -0.25) is 9.78 Å². The molecule has 1 aliphatic carbocycles. The van der Waals surface area contributed by atoms with Gasteiger partial charge >= 0.3 is 0 Å². The molecular weight excluding hydrogens is 324 g/mol. The number of morpholine rings is 1. The van der Waals surface area contributed by atoms with Crippen LogP contribution < -0.4 is 0 Å². The van der Waals surface area contributed by atoms with E-state index in [-0.39, 0.29) is 24.2 Å². The van der Waals surface area contributed by atoms with Crippen LogP contribution in [0.1, 0.15) is 28.8 Å². The fourth-order valence-electron chi connectivity index (χ4n) is 3.58. The molecule has 0 unspecified atom stereocenters. The monoisotopic (exact) mass is 344 g/mol. The average Bonchev–Trinajstić information content (AvgIpc) is 3.30. The molecule has 0 spiro atoms. The largest absolute Gasteiger partial charge is 0.372 e. The van der Waals surface area contributed by atoms with Crippen LogP contribution in [0.15, 0.2) is 41.4 Å². The van der Waals surface area contributed by atoms with E-state index in [0.29, 0.717) is 19.8 Å². The number of hydrogen-bond acceptors (Lipinski definition) is 5. The molecule has 5 nitrogen and oxygen atoms in total. The van der Waals surface area contributed by atoms with Gasteiger partial charge in [-0.2, -0.15) is 11.3 Å². The van der Waals surface area contributed by atoms with Crippen molar-refractivity contribution in [2.45, 2.75) is 37.7 Å². The fourth-order valence-corrected chi connectivity index (χ4v) is 4.21. The highest BCUT2D eigenvalue weighted by atomic mass is 32.1. The third-order valence-corrected chi connectivity index (χ3v) is 5.46. The molecule has 2 aliphatic rings. The SMILES string of the molecule is O=C(c1ccsc1)N1CCO[C@@H]2[C@H]1CC[C@H]2OCc1ccncc1. The lowest BCUT2D eigenvalue weighted by Crippen LogP contribution is -2.53. The zero-order valence-electron chi connectivity index (χ0n) is 13.3. The van der Waals surface area contributed by atoms with Gasteiger partial charge in [0.05, 0.1) is 30.9 Å². The number of nitrogens with zero attached hydrogens (tertiary/aromatic N) is 2. The maximum atomic E-state index is 12.7. The second-order valence-corrected chi connectivity index (χ2v) is 6.98. The molecule has 2 aromatic heterocycles. The van der Waals surface area contributed by atoms with Crippen molar-refractivity contribution in [3.8, 4) is 0 Å². The van der Waals surface area contributed by atoms with E-state index in [0.717, 1.165) is 24.0 Å². The molecule has 3 heterocycles. The molecule has 126 valence electrons. The third-order valence-electron chi connectivity index (χ3n) is 4.78. The number of aromatic nitrogens is 1. The minimum absolute atomic E-state index is 0.0248. The van der Waals surface area contributed by atoms with Crippen LogP contribution in [0.4, 0.5) is 0 Å². The van der Waals surface area contributed by atoms with Gasteiger partial charge in [-0.15, -0.1) is 0 Å². The van der Waals surface area contributed by atoms with Gasteiger partial charge in [-0.05, 0) is 42.0 Å². The lowest BCUT2D eigenvalue weighted by atomic mass is 10.1. The first kappa shape index (κ1) is 15.7. The lowest BCUT2D eigenvalue weighted by molar-refractivity contribution is -0.108. The summed E-state index contributed by atoms with van der Waals surface area (Å²) in [6.45, 7) is 1.79. The summed E-state index contributed by atoms with van der Waals surface area (Å²) in [6.07, 6.45) is 5.42. The molecule has 0 N–H and O–H groups in total. The van der Waals surface area contributed by atoms with Crippen LogP contribution in [-0.4, -0.2) is 47.2 Å². The molecule has 6 heteroatoms. The van der Waals surface area contributed by atoms with Crippen LogP contribution in [0, 0.1) is 0 Å². The Balaban J connectivity index is 1.42. The molecule has 2 fully saturated rings. The van der Waals surface area contributed by atoms with Gasteiger partial charge in [0.25, 0.3) is 5.91 Å². The summed E-state index contributed by atoms with van der Waals surface area (Å²) < 4.78 is 12.1. The summed E-state index contributed by atoms with van der Waals surface area (Å²) in [4.78, 5) is 18.7. The van der Waals surface area contributed by atoms with Crippen LogP contribution in [0.25, 0.3) is 0 Å². The first-order chi connectivity index (χ1) is 11.8. The van der Waals surface area contributed by atoms with E-state index in [2.05, 4.69) is 4.98 Å². The Morgan fingerprint density at radius 3 is 3.00 bits per heavy atom. The van der Waals surface area contributed by atoms with Gasteiger partial charge < -0.3 is 14.4 Å². The van der Waals surface area contributed by atoms with Crippen LogP contribution in [0.5, 0.6) is 0 Å². The Morgan fingerprint density at radius 2 is 2.21 bits per heavy atom. The third kappa shape index (κ3) is 3.09. The van der Waals surface area contributed by atoms with Crippen molar-refractivity contribution in [3.05, 3.63) is 52.5 Å². The summed E-state index contributed by atoms with van der Waals surface area (Å²) in [6, 6.07) is 5.93. The average molecular weight is 344 g/mol. The van der Waals surface area contributed by atoms with Crippen LogP contribution in [0.3, 0.4) is 0 Å². The number of fused-ring (bicyclic) bond motifs is 1. The highest BCUT2D eigenvalue weighted by molar-refractivity contribution is 7.08. The van der Waals surface area contributed by atoms with Crippen molar-refractivity contribution in [1.82, 2.24) is 9.88 Å². The minimum Gasteiger partial charge on any atom is -0.372 e. The standard InChI is InChI=1S/C18H20N2O3S/c21-18(14-5-10-24-12-14)20-8-9-22-17-15(20)1-2-16(17)23-11-13-3-6-19-7-4-13/h3-7,10,12,15-17H,1-2,8-9,11H2/t15-,16-,17-/m1/s1. The van der Waals surface area contributed by atoms with E-state index in [1.807, 2.05) is 33.9 Å². The smallest absolute Gasteiger partial charge is 0.255 e. The van der Waals surface area contributed by atoms with E-state index in [9.17, 15) is 4.79 Å². The molecule has 4 rings (SSSR count). The Kier molecular flexibility index (Phi) is 4.60. The molecule has 0 aromatic carbocycles. The Morgan fingerprint density at radius 1 is 1.33 bits per heavy atom. The van der Waals surface area contributed by atoms with Crippen molar-refractivity contribution in [2.24, 2.45) is 0 Å². The number of carbonyl (C=O) groups is 1. The summed E-state index contributed by atoms with van der Waals surface area (Å²) in [5, 5.41) is 3.86. The van der Waals surface area contributed by atoms with Crippen LogP contribution >= 0.6 is 11.3 Å². The molecule has 3 atom stereocenters. The molecule has 2 aromatic rings. The number of thiophene rings is 1. The molecule has 0 bridgehead atoms. The maximum Gasteiger partial charge on any atom is 0.255 e. The molecule has 0 radical (unpaired) electrons. The van der Waals surface area contributed by atoms with Gasteiger partial charge in [0, 0.05) is 24.3 Å². The second-order valence-electron chi connectivity index (χ2n) is 6.20.